The van der Waals surface area contributed by atoms with Crippen molar-refractivity contribution >= 4 is 5.78 Å². The molecule has 1 unspecified atom stereocenters. The van der Waals surface area contributed by atoms with Crippen molar-refractivity contribution in [1.82, 2.24) is 0 Å². The number of hydrogen-bond acceptors (Lipinski definition) is 1. The maximum absolute atomic E-state index is 11.3. The average Bonchev–Trinajstić information content (AvgIpc) is 2.13. The molecule has 1 rings (SSSR count). The van der Waals surface area contributed by atoms with E-state index in [-0.39, 0.29) is 0 Å². The molecule has 11 heavy (non-hydrogen) atoms. The minimum Gasteiger partial charge on any atom is -0.300 e. The van der Waals surface area contributed by atoms with Gasteiger partial charge in [-0.15, -0.1) is 0 Å². The summed E-state index contributed by atoms with van der Waals surface area (Å²) in [5, 5.41) is 0. The van der Waals surface area contributed by atoms with E-state index < -0.39 is 0 Å². The van der Waals surface area contributed by atoms with E-state index in [2.05, 4.69) is 13.8 Å². The predicted octanol–water partition coefficient (Wildman–Crippen LogP) is 2.94. The molecule has 0 aromatic rings. The van der Waals surface area contributed by atoms with Gasteiger partial charge in [-0.3, -0.25) is 4.79 Å². The fraction of sp³-hybridized carbons (Fsp3) is 0.900. The fourth-order valence-electron chi connectivity index (χ4n) is 1.83. The van der Waals surface area contributed by atoms with Crippen LogP contribution in [-0.2, 0) is 4.79 Å². The van der Waals surface area contributed by atoms with Crippen molar-refractivity contribution < 1.29 is 4.79 Å². The van der Waals surface area contributed by atoms with E-state index >= 15 is 0 Å². The van der Waals surface area contributed by atoms with Crippen molar-refractivity contribution in [2.45, 2.75) is 52.4 Å². The lowest BCUT2D eigenvalue weighted by molar-refractivity contribution is -0.120. The molecule has 0 amide bonds. The number of carbonyl (C=O) groups excluding carboxylic acids is 1. The molecular weight excluding hydrogens is 136 g/mol. The Morgan fingerprint density at radius 2 is 2.18 bits per heavy atom. The molecule has 1 heteroatoms. The summed E-state index contributed by atoms with van der Waals surface area (Å²) in [5.41, 5.74) is 0.327. The highest BCUT2D eigenvalue weighted by Gasteiger charge is 2.27. The zero-order valence-corrected chi connectivity index (χ0v) is 7.65. The van der Waals surface area contributed by atoms with Crippen LogP contribution in [0.2, 0.25) is 0 Å². The second-order valence-corrected chi connectivity index (χ2v) is 4.09. The Morgan fingerprint density at radius 1 is 1.45 bits per heavy atom. The smallest absolute Gasteiger partial charge is 0.133 e. The minimum absolute atomic E-state index is 0.327. The first-order valence-corrected chi connectivity index (χ1v) is 4.68. The van der Waals surface area contributed by atoms with Crippen molar-refractivity contribution in [3.8, 4) is 0 Å². The van der Waals surface area contributed by atoms with Crippen LogP contribution in [0.3, 0.4) is 0 Å². The van der Waals surface area contributed by atoms with Crippen LogP contribution in [-0.4, -0.2) is 5.78 Å². The van der Waals surface area contributed by atoms with E-state index in [4.69, 9.17) is 0 Å². The molecule has 1 nitrogen and oxygen atoms in total. The molecule has 0 N–H and O–H groups in total. The first-order chi connectivity index (χ1) is 5.16. The van der Waals surface area contributed by atoms with Crippen LogP contribution in [0.1, 0.15) is 52.4 Å². The van der Waals surface area contributed by atoms with Crippen LogP contribution in [0, 0.1) is 5.41 Å². The van der Waals surface area contributed by atoms with Crippen molar-refractivity contribution in [2.24, 2.45) is 5.41 Å². The molecule has 0 bridgehead atoms. The molecule has 0 saturated heterocycles. The third kappa shape index (κ3) is 2.32. The Labute approximate surface area is 69.2 Å². The summed E-state index contributed by atoms with van der Waals surface area (Å²) in [6.07, 6.45) is 6.41. The van der Waals surface area contributed by atoms with E-state index in [0.717, 1.165) is 25.7 Å². The van der Waals surface area contributed by atoms with Crippen molar-refractivity contribution in [3.05, 3.63) is 0 Å². The van der Waals surface area contributed by atoms with Crippen molar-refractivity contribution in [3.63, 3.8) is 0 Å². The molecule has 1 aliphatic rings. The maximum atomic E-state index is 11.3. The lowest BCUT2D eigenvalue weighted by Gasteiger charge is -2.24. The molecule has 0 aliphatic heterocycles. The van der Waals surface area contributed by atoms with Crippen LogP contribution in [0.15, 0.2) is 0 Å². The number of rotatable bonds is 1. The minimum atomic E-state index is 0.327. The standard InChI is InChI=1S/C10H18O/c1-3-10(2)7-5-4-6-9(11)8-10/h3-8H2,1-2H3. The van der Waals surface area contributed by atoms with E-state index in [1.165, 1.54) is 12.8 Å². The molecule has 0 radical (unpaired) electrons. The molecule has 0 heterocycles. The molecular formula is C10H18O. The summed E-state index contributed by atoms with van der Waals surface area (Å²) in [5.74, 6) is 0.479. The van der Waals surface area contributed by atoms with Gasteiger partial charge in [-0.2, -0.15) is 0 Å². The molecule has 64 valence electrons. The first kappa shape index (κ1) is 8.76. The average molecular weight is 154 g/mol. The van der Waals surface area contributed by atoms with E-state index in [9.17, 15) is 4.79 Å². The summed E-state index contributed by atoms with van der Waals surface area (Å²) < 4.78 is 0. The van der Waals surface area contributed by atoms with Crippen LogP contribution in [0.25, 0.3) is 0 Å². The van der Waals surface area contributed by atoms with E-state index in [0.29, 0.717) is 11.2 Å². The monoisotopic (exact) mass is 154 g/mol. The van der Waals surface area contributed by atoms with Gasteiger partial charge in [-0.1, -0.05) is 26.7 Å². The molecule has 0 aromatic carbocycles. The number of ketones is 1. The summed E-state index contributed by atoms with van der Waals surface area (Å²) in [6, 6.07) is 0. The highest BCUT2D eigenvalue weighted by molar-refractivity contribution is 5.79. The molecule has 0 aromatic heterocycles. The number of Topliss-reactive ketones (excluding diaryl/α,β-unsaturated/α-hetero) is 1. The number of carbonyl (C=O) groups is 1. The zero-order chi connectivity index (χ0) is 8.32. The lowest BCUT2D eigenvalue weighted by atomic mass is 9.80. The van der Waals surface area contributed by atoms with Gasteiger partial charge in [0.1, 0.15) is 5.78 Å². The summed E-state index contributed by atoms with van der Waals surface area (Å²) in [4.78, 5) is 11.3. The third-order valence-electron chi connectivity index (χ3n) is 2.96. The lowest BCUT2D eigenvalue weighted by Crippen LogP contribution is -2.17. The summed E-state index contributed by atoms with van der Waals surface area (Å²) in [7, 11) is 0. The largest absolute Gasteiger partial charge is 0.300 e. The Kier molecular flexibility index (Phi) is 2.69. The van der Waals surface area contributed by atoms with Crippen LogP contribution >= 0.6 is 0 Å². The van der Waals surface area contributed by atoms with E-state index in [1.54, 1.807) is 0 Å². The van der Waals surface area contributed by atoms with Gasteiger partial charge < -0.3 is 0 Å². The van der Waals surface area contributed by atoms with Crippen molar-refractivity contribution in [1.29, 1.82) is 0 Å². The van der Waals surface area contributed by atoms with Gasteiger partial charge in [-0.25, -0.2) is 0 Å². The molecule has 1 fully saturated rings. The molecule has 0 spiro atoms. The van der Waals surface area contributed by atoms with Gasteiger partial charge in [0.25, 0.3) is 0 Å². The predicted molar refractivity (Wildman–Crippen MR) is 46.5 cm³/mol. The maximum Gasteiger partial charge on any atom is 0.133 e. The van der Waals surface area contributed by atoms with E-state index in [1.807, 2.05) is 0 Å². The van der Waals surface area contributed by atoms with Crippen LogP contribution < -0.4 is 0 Å². The van der Waals surface area contributed by atoms with Gasteiger partial charge in [0.15, 0.2) is 0 Å². The Hall–Kier alpha value is -0.330. The topological polar surface area (TPSA) is 17.1 Å². The first-order valence-electron chi connectivity index (χ1n) is 4.68. The Bertz CT molecular complexity index is 151. The second-order valence-electron chi connectivity index (χ2n) is 4.09. The highest BCUT2D eigenvalue weighted by Crippen LogP contribution is 2.35. The van der Waals surface area contributed by atoms with Gasteiger partial charge >= 0.3 is 0 Å². The zero-order valence-electron chi connectivity index (χ0n) is 7.65. The SMILES string of the molecule is CCC1(C)CCCCC(=O)C1. The van der Waals surface area contributed by atoms with Gasteiger partial charge in [0, 0.05) is 12.8 Å². The normalized spacial score (nSPS) is 33.5. The van der Waals surface area contributed by atoms with Gasteiger partial charge in [-0.05, 0) is 18.3 Å². The molecule has 1 atom stereocenters. The quantitative estimate of drug-likeness (QED) is 0.531. The van der Waals surface area contributed by atoms with Crippen molar-refractivity contribution in [2.75, 3.05) is 0 Å². The second kappa shape index (κ2) is 3.38. The summed E-state index contributed by atoms with van der Waals surface area (Å²) >= 11 is 0. The number of hydrogen-bond donors (Lipinski definition) is 0. The van der Waals surface area contributed by atoms with Gasteiger partial charge in [0.2, 0.25) is 0 Å². The van der Waals surface area contributed by atoms with Gasteiger partial charge in [0.05, 0.1) is 0 Å². The Balaban J connectivity index is 2.58. The molecule has 1 aliphatic carbocycles. The molecule has 1 saturated carbocycles. The summed E-state index contributed by atoms with van der Waals surface area (Å²) in [6.45, 7) is 4.44. The van der Waals surface area contributed by atoms with Crippen LogP contribution in [0.4, 0.5) is 0 Å². The third-order valence-corrected chi connectivity index (χ3v) is 2.96. The fourth-order valence-corrected chi connectivity index (χ4v) is 1.83. The van der Waals surface area contributed by atoms with Crippen LogP contribution in [0.5, 0.6) is 0 Å². The highest BCUT2D eigenvalue weighted by atomic mass is 16.1. The Morgan fingerprint density at radius 3 is 2.82 bits per heavy atom.